The van der Waals surface area contributed by atoms with E-state index in [1.54, 1.807) is 24.7 Å². The maximum absolute atomic E-state index is 11.9. The number of carbonyl (C=O) groups is 1. The molecule has 2 amide bonds. The van der Waals surface area contributed by atoms with E-state index in [-0.39, 0.29) is 11.6 Å². The molecular formula is C15H19N5O. The molecule has 2 aromatic rings. The summed E-state index contributed by atoms with van der Waals surface area (Å²) in [5.74, 6) is 1.02. The van der Waals surface area contributed by atoms with Gasteiger partial charge >= 0.3 is 6.03 Å². The summed E-state index contributed by atoms with van der Waals surface area (Å²) >= 11 is 0. The normalized spacial score (nSPS) is 11.0. The van der Waals surface area contributed by atoms with Crippen LogP contribution in [-0.2, 0) is 0 Å². The van der Waals surface area contributed by atoms with Crippen molar-refractivity contribution in [1.29, 1.82) is 0 Å². The minimum Gasteiger partial charge on any atom is -0.333 e. The van der Waals surface area contributed by atoms with Gasteiger partial charge in [-0.3, -0.25) is 10.3 Å². The van der Waals surface area contributed by atoms with Crippen molar-refractivity contribution in [2.24, 2.45) is 0 Å². The fourth-order valence-electron chi connectivity index (χ4n) is 1.77. The van der Waals surface area contributed by atoms with Gasteiger partial charge in [-0.2, -0.15) is 0 Å². The van der Waals surface area contributed by atoms with E-state index in [1.165, 1.54) is 0 Å². The number of aryl methyl sites for hydroxylation is 1. The monoisotopic (exact) mass is 285 g/mol. The van der Waals surface area contributed by atoms with Crippen LogP contribution in [0.4, 0.5) is 10.6 Å². The predicted molar refractivity (Wildman–Crippen MR) is 81.9 cm³/mol. The molecule has 0 atom stereocenters. The molecule has 6 nitrogen and oxygen atoms in total. The van der Waals surface area contributed by atoms with Crippen LogP contribution in [-0.4, -0.2) is 26.5 Å². The summed E-state index contributed by atoms with van der Waals surface area (Å²) in [5.41, 5.74) is 1.57. The van der Waals surface area contributed by atoms with Gasteiger partial charge in [0.25, 0.3) is 0 Å². The second kappa shape index (κ2) is 5.87. The number of hydrogen-bond donors (Lipinski definition) is 2. The van der Waals surface area contributed by atoms with Crippen molar-refractivity contribution in [1.82, 2.24) is 20.3 Å². The average molecular weight is 285 g/mol. The van der Waals surface area contributed by atoms with Crippen molar-refractivity contribution in [3.63, 3.8) is 0 Å². The smallest absolute Gasteiger partial charge is 0.320 e. The van der Waals surface area contributed by atoms with Gasteiger partial charge in [0, 0.05) is 29.7 Å². The van der Waals surface area contributed by atoms with E-state index in [0.29, 0.717) is 11.6 Å². The Labute approximate surface area is 124 Å². The lowest BCUT2D eigenvalue weighted by atomic mass is 10.1. The molecule has 2 rings (SSSR count). The van der Waals surface area contributed by atoms with E-state index in [9.17, 15) is 4.79 Å². The van der Waals surface area contributed by atoms with Crippen molar-refractivity contribution in [3.05, 3.63) is 36.3 Å². The number of nitrogens with zero attached hydrogens (tertiary/aromatic N) is 3. The molecule has 0 fully saturated rings. The average Bonchev–Trinajstić information content (AvgIpc) is 2.37. The molecule has 110 valence electrons. The highest BCUT2D eigenvalue weighted by Gasteiger charge is 2.14. The van der Waals surface area contributed by atoms with Crippen molar-refractivity contribution in [2.45, 2.75) is 33.2 Å². The zero-order chi connectivity index (χ0) is 15.5. The molecule has 21 heavy (non-hydrogen) atoms. The number of carbonyl (C=O) groups excluding carboxylic acids is 1. The van der Waals surface area contributed by atoms with E-state index < -0.39 is 0 Å². The molecule has 2 N–H and O–H groups in total. The van der Waals surface area contributed by atoms with E-state index >= 15 is 0 Å². The molecule has 0 aliphatic heterocycles. The van der Waals surface area contributed by atoms with Gasteiger partial charge in [0.15, 0.2) is 5.82 Å². The first-order chi connectivity index (χ1) is 9.85. The molecule has 0 saturated heterocycles. The number of pyridine rings is 1. The highest BCUT2D eigenvalue weighted by Crippen LogP contribution is 2.19. The molecule has 0 spiro atoms. The second-order valence-electron chi connectivity index (χ2n) is 5.79. The zero-order valence-electron chi connectivity index (χ0n) is 12.6. The van der Waals surface area contributed by atoms with Gasteiger partial charge in [0.05, 0.1) is 0 Å². The molecule has 0 saturated carbocycles. The summed E-state index contributed by atoms with van der Waals surface area (Å²) in [5, 5.41) is 5.53. The van der Waals surface area contributed by atoms with Crippen LogP contribution in [0.2, 0.25) is 0 Å². The molecule has 2 heterocycles. The van der Waals surface area contributed by atoms with Crippen molar-refractivity contribution >= 4 is 11.8 Å². The highest BCUT2D eigenvalue weighted by molar-refractivity contribution is 5.88. The number of rotatable bonds is 2. The van der Waals surface area contributed by atoms with Crippen LogP contribution in [0.25, 0.3) is 11.4 Å². The summed E-state index contributed by atoms with van der Waals surface area (Å²) in [4.78, 5) is 24.5. The SMILES string of the molecule is Cc1cnccc1-c1nccc(NC(=O)NC(C)(C)C)n1. The Morgan fingerprint density at radius 3 is 2.62 bits per heavy atom. The van der Waals surface area contributed by atoms with Crippen molar-refractivity contribution < 1.29 is 4.79 Å². The Morgan fingerprint density at radius 2 is 1.95 bits per heavy atom. The zero-order valence-corrected chi connectivity index (χ0v) is 12.6. The summed E-state index contributed by atoms with van der Waals surface area (Å²) in [6.07, 6.45) is 5.07. The summed E-state index contributed by atoms with van der Waals surface area (Å²) in [6, 6.07) is 3.21. The Balaban J connectivity index is 2.19. The lowest BCUT2D eigenvalue weighted by molar-refractivity contribution is 0.243. The largest absolute Gasteiger partial charge is 0.333 e. The minimum absolute atomic E-state index is 0.293. The van der Waals surface area contributed by atoms with Crippen LogP contribution in [0, 0.1) is 6.92 Å². The second-order valence-corrected chi connectivity index (χ2v) is 5.79. The Hall–Kier alpha value is -2.50. The third kappa shape index (κ3) is 4.24. The van der Waals surface area contributed by atoms with Crippen LogP contribution in [0.5, 0.6) is 0 Å². The Kier molecular flexibility index (Phi) is 4.16. The quantitative estimate of drug-likeness (QED) is 0.889. The van der Waals surface area contributed by atoms with Gasteiger partial charge in [0.2, 0.25) is 0 Å². The molecule has 0 aliphatic rings. The molecular weight excluding hydrogens is 266 g/mol. The first kappa shape index (κ1) is 14.9. The minimum atomic E-state index is -0.304. The van der Waals surface area contributed by atoms with Gasteiger partial charge in [0.1, 0.15) is 5.82 Å². The molecule has 0 bridgehead atoms. The Morgan fingerprint density at radius 1 is 1.19 bits per heavy atom. The van der Waals surface area contributed by atoms with E-state index in [0.717, 1.165) is 11.1 Å². The van der Waals surface area contributed by atoms with Crippen LogP contribution in [0.1, 0.15) is 26.3 Å². The van der Waals surface area contributed by atoms with Crippen molar-refractivity contribution in [2.75, 3.05) is 5.32 Å². The summed E-state index contributed by atoms with van der Waals surface area (Å²) < 4.78 is 0. The van der Waals surface area contributed by atoms with Crippen LogP contribution in [0.15, 0.2) is 30.7 Å². The van der Waals surface area contributed by atoms with Gasteiger partial charge in [-0.1, -0.05) is 0 Å². The number of nitrogens with one attached hydrogen (secondary N) is 2. The molecule has 6 heteroatoms. The molecule has 0 aliphatic carbocycles. The van der Waals surface area contributed by atoms with Gasteiger partial charge in [-0.05, 0) is 45.4 Å². The van der Waals surface area contributed by atoms with Crippen LogP contribution >= 0.6 is 0 Å². The summed E-state index contributed by atoms with van der Waals surface area (Å²) in [6.45, 7) is 7.69. The van der Waals surface area contributed by atoms with Gasteiger partial charge < -0.3 is 5.32 Å². The Bertz CT molecular complexity index is 649. The third-order valence-corrected chi connectivity index (χ3v) is 2.65. The standard InChI is InChI=1S/C15H19N5O/c1-10-9-16-7-5-11(10)13-17-8-6-12(18-13)19-14(21)20-15(2,3)4/h5-9H,1-4H3,(H2,17,18,19,20,21). The van der Waals surface area contributed by atoms with Gasteiger partial charge in [-0.25, -0.2) is 14.8 Å². The maximum Gasteiger partial charge on any atom is 0.320 e. The van der Waals surface area contributed by atoms with E-state index in [2.05, 4.69) is 25.6 Å². The first-order valence-corrected chi connectivity index (χ1v) is 6.68. The van der Waals surface area contributed by atoms with Crippen LogP contribution in [0.3, 0.4) is 0 Å². The summed E-state index contributed by atoms with van der Waals surface area (Å²) in [7, 11) is 0. The molecule has 2 aromatic heterocycles. The van der Waals surface area contributed by atoms with E-state index in [1.807, 2.05) is 33.8 Å². The van der Waals surface area contributed by atoms with Gasteiger partial charge in [-0.15, -0.1) is 0 Å². The van der Waals surface area contributed by atoms with E-state index in [4.69, 9.17) is 0 Å². The third-order valence-electron chi connectivity index (χ3n) is 2.65. The number of hydrogen-bond acceptors (Lipinski definition) is 4. The predicted octanol–water partition coefficient (Wildman–Crippen LogP) is 2.77. The fourth-order valence-corrected chi connectivity index (χ4v) is 1.77. The number of aromatic nitrogens is 3. The molecule has 0 aromatic carbocycles. The number of amides is 2. The first-order valence-electron chi connectivity index (χ1n) is 6.68. The molecule has 0 unspecified atom stereocenters. The molecule has 0 radical (unpaired) electrons. The van der Waals surface area contributed by atoms with Crippen LogP contribution < -0.4 is 10.6 Å². The topological polar surface area (TPSA) is 79.8 Å². The lowest BCUT2D eigenvalue weighted by Crippen LogP contribution is -2.43. The highest BCUT2D eigenvalue weighted by atomic mass is 16.2. The van der Waals surface area contributed by atoms with Crippen molar-refractivity contribution in [3.8, 4) is 11.4 Å². The maximum atomic E-state index is 11.9. The number of anilines is 1. The fraction of sp³-hybridized carbons (Fsp3) is 0.333. The number of urea groups is 1. The lowest BCUT2D eigenvalue weighted by Gasteiger charge is -2.20.